The van der Waals surface area contributed by atoms with E-state index < -0.39 is 0 Å². The minimum absolute atomic E-state index is 0.00451. The molecule has 1 amide bonds. The average molecular weight is 316 g/mol. The number of ether oxygens (including phenoxy) is 1. The summed E-state index contributed by atoms with van der Waals surface area (Å²) in [5, 5.41) is 14.3. The van der Waals surface area contributed by atoms with Gasteiger partial charge in [-0.05, 0) is 41.5 Å². The summed E-state index contributed by atoms with van der Waals surface area (Å²) in [6.45, 7) is 3.52. The van der Waals surface area contributed by atoms with Crippen LogP contribution >= 0.6 is 0 Å². The molecule has 2 atom stereocenters. The first kappa shape index (κ1) is 15.5. The third kappa shape index (κ3) is 4.10. The molecule has 1 N–H and O–H groups in total. The zero-order chi connectivity index (χ0) is 16.1. The number of carbonyl (C=O) groups excluding carboxylic acids is 1. The van der Waals surface area contributed by atoms with Gasteiger partial charge in [-0.3, -0.25) is 9.78 Å². The summed E-state index contributed by atoms with van der Waals surface area (Å²) in [5.74, 6) is 0.990. The minimum atomic E-state index is -0.00451. The quantitative estimate of drug-likeness (QED) is 0.814. The number of tetrazole rings is 1. The Hall–Kier alpha value is -2.35. The molecule has 8 nitrogen and oxygen atoms in total. The number of nitrogens with one attached hydrogen (secondary N) is 1. The van der Waals surface area contributed by atoms with E-state index >= 15 is 0 Å². The Kier molecular flexibility index (Phi) is 4.92. The van der Waals surface area contributed by atoms with Gasteiger partial charge >= 0.3 is 0 Å². The van der Waals surface area contributed by atoms with Crippen LogP contribution in [0.5, 0.6) is 0 Å². The van der Waals surface area contributed by atoms with Crippen molar-refractivity contribution in [3.63, 3.8) is 0 Å². The van der Waals surface area contributed by atoms with Gasteiger partial charge in [-0.15, -0.1) is 5.10 Å². The SMILES string of the molecule is Cc1nnnn1CCC(=O)N[C@H]1COC[C@H]1Cc1ccncc1. The molecule has 0 aliphatic carbocycles. The molecule has 3 rings (SSSR count). The van der Waals surface area contributed by atoms with Crippen LogP contribution in [0.3, 0.4) is 0 Å². The van der Waals surface area contributed by atoms with Crippen LogP contribution < -0.4 is 5.32 Å². The van der Waals surface area contributed by atoms with E-state index in [1.54, 1.807) is 17.1 Å². The van der Waals surface area contributed by atoms with E-state index in [1.165, 1.54) is 5.56 Å². The number of nitrogens with zero attached hydrogens (tertiary/aromatic N) is 5. The summed E-state index contributed by atoms with van der Waals surface area (Å²) < 4.78 is 7.17. The predicted octanol–water partition coefficient (Wildman–Crippen LogP) is 0.141. The minimum Gasteiger partial charge on any atom is -0.379 e. The molecule has 2 aromatic heterocycles. The van der Waals surface area contributed by atoms with Gasteiger partial charge in [-0.2, -0.15) is 0 Å². The van der Waals surface area contributed by atoms with Crippen LogP contribution in [0, 0.1) is 12.8 Å². The van der Waals surface area contributed by atoms with Gasteiger partial charge in [0.1, 0.15) is 5.82 Å². The number of hydrogen-bond donors (Lipinski definition) is 1. The number of amides is 1. The third-order valence-corrected chi connectivity index (χ3v) is 4.05. The molecular formula is C15H20N6O2. The zero-order valence-corrected chi connectivity index (χ0v) is 13.1. The Morgan fingerprint density at radius 1 is 1.39 bits per heavy atom. The summed E-state index contributed by atoms with van der Waals surface area (Å²) in [5.41, 5.74) is 1.21. The van der Waals surface area contributed by atoms with Crippen LogP contribution in [-0.4, -0.2) is 50.4 Å². The molecule has 1 saturated heterocycles. The summed E-state index contributed by atoms with van der Waals surface area (Å²) >= 11 is 0. The van der Waals surface area contributed by atoms with E-state index in [9.17, 15) is 4.79 Å². The first-order chi connectivity index (χ1) is 11.2. The Bertz CT molecular complexity index is 644. The Labute approximate surface area is 134 Å². The van der Waals surface area contributed by atoms with Crippen molar-refractivity contribution in [3.05, 3.63) is 35.9 Å². The van der Waals surface area contributed by atoms with Crippen molar-refractivity contribution in [2.45, 2.75) is 32.4 Å². The maximum atomic E-state index is 12.1. The lowest BCUT2D eigenvalue weighted by atomic mass is 9.95. The topological polar surface area (TPSA) is 94.8 Å². The van der Waals surface area contributed by atoms with Gasteiger partial charge in [0.15, 0.2) is 0 Å². The highest BCUT2D eigenvalue weighted by Crippen LogP contribution is 2.19. The summed E-state index contributed by atoms with van der Waals surface area (Å²) in [6, 6.07) is 4.04. The highest BCUT2D eigenvalue weighted by molar-refractivity contribution is 5.76. The van der Waals surface area contributed by atoms with E-state index in [2.05, 4.69) is 25.8 Å². The molecule has 0 saturated carbocycles. The number of carbonyl (C=O) groups is 1. The first-order valence-corrected chi connectivity index (χ1v) is 7.71. The molecule has 1 aliphatic rings. The normalized spacial score (nSPS) is 20.6. The maximum Gasteiger partial charge on any atom is 0.222 e. The second-order valence-electron chi connectivity index (χ2n) is 5.73. The molecule has 8 heteroatoms. The van der Waals surface area contributed by atoms with Crippen molar-refractivity contribution in [1.29, 1.82) is 0 Å². The molecule has 0 unspecified atom stereocenters. The van der Waals surface area contributed by atoms with Gasteiger partial charge in [0.2, 0.25) is 5.91 Å². The second kappa shape index (κ2) is 7.28. The van der Waals surface area contributed by atoms with E-state index in [1.807, 2.05) is 19.1 Å². The van der Waals surface area contributed by atoms with Crippen molar-refractivity contribution in [2.75, 3.05) is 13.2 Å². The molecule has 1 fully saturated rings. The van der Waals surface area contributed by atoms with Crippen LogP contribution in [0.4, 0.5) is 0 Å². The summed E-state index contributed by atoms with van der Waals surface area (Å²) in [4.78, 5) is 16.2. The number of aryl methyl sites for hydroxylation is 2. The number of aromatic nitrogens is 5. The number of hydrogen-bond acceptors (Lipinski definition) is 6. The number of pyridine rings is 1. The van der Waals surface area contributed by atoms with E-state index in [0.29, 0.717) is 32.0 Å². The van der Waals surface area contributed by atoms with Gasteiger partial charge in [0.05, 0.1) is 25.8 Å². The smallest absolute Gasteiger partial charge is 0.222 e. The van der Waals surface area contributed by atoms with Gasteiger partial charge in [0.25, 0.3) is 0 Å². The summed E-state index contributed by atoms with van der Waals surface area (Å²) in [7, 11) is 0. The molecule has 23 heavy (non-hydrogen) atoms. The van der Waals surface area contributed by atoms with Gasteiger partial charge in [-0.25, -0.2) is 4.68 Å². The predicted molar refractivity (Wildman–Crippen MR) is 81.4 cm³/mol. The highest BCUT2D eigenvalue weighted by Gasteiger charge is 2.29. The molecule has 0 radical (unpaired) electrons. The van der Waals surface area contributed by atoms with Crippen molar-refractivity contribution >= 4 is 5.91 Å². The molecule has 1 aliphatic heterocycles. The fourth-order valence-electron chi connectivity index (χ4n) is 2.72. The van der Waals surface area contributed by atoms with Gasteiger partial charge in [-0.1, -0.05) is 0 Å². The maximum absolute atomic E-state index is 12.1. The molecule has 2 aromatic rings. The zero-order valence-electron chi connectivity index (χ0n) is 13.1. The second-order valence-corrected chi connectivity index (χ2v) is 5.73. The fourth-order valence-corrected chi connectivity index (χ4v) is 2.72. The Morgan fingerprint density at radius 2 is 2.22 bits per heavy atom. The lowest BCUT2D eigenvalue weighted by Gasteiger charge is -2.19. The third-order valence-electron chi connectivity index (χ3n) is 4.05. The lowest BCUT2D eigenvalue weighted by Crippen LogP contribution is -2.41. The molecule has 0 bridgehead atoms. The Balaban J connectivity index is 1.50. The molecule has 0 spiro atoms. The van der Waals surface area contributed by atoms with Crippen LogP contribution in [0.25, 0.3) is 0 Å². The first-order valence-electron chi connectivity index (χ1n) is 7.71. The van der Waals surface area contributed by atoms with Crippen LogP contribution in [0.2, 0.25) is 0 Å². The van der Waals surface area contributed by atoms with Crippen molar-refractivity contribution < 1.29 is 9.53 Å². The molecule has 0 aromatic carbocycles. The van der Waals surface area contributed by atoms with Gasteiger partial charge < -0.3 is 10.1 Å². The monoisotopic (exact) mass is 316 g/mol. The fraction of sp³-hybridized carbons (Fsp3) is 0.533. The van der Waals surface area contributed by atoms with Crippen molar-refractivity contribution in [2.24, 2.45) is 5.92 Å². The molecular weight excluding hydrogens is 296 g/mol. The van der Waals surface area contributed by atoms with E-state index in [-0.39, 0.29) is 17.9 Å². The van der Waals surface area contributed by atoms with Crippen LogP contribution in [0.15, 0.2) is 24.5 Å². The Morgan fingerprint density at radius 3 is 2.96 bits per heavy atom. The van der Waals surface area contributed by atoms with Crippen LogP contribution in [-0.2, 0) is 22.5 Å². The molecule has 122 valence electrons. The van der Waals surface area contributed by atoms with Crippen LogP contribution in [0.1, 0.15) is 17.8 Å². The average Bonchev–Trinajstić information content (AvgIpc) is 3.16. The van der Waals surface area contributed by atoms with Crippen molar-refractivity contribution in [1.82, 2.24) is 30.5 Å². The van der Waals surface area contributed by atoms with E-state index in [0.717, 1.165) is 6.42 Å². The standard InChI is InChI=1S/C15H20N6O2/c1-11-18-19-20-21(11)7-4-15(22)17-14-10-23-9-13(14)8-12-2-5-16-6-3-12/h2-3,5-6,13-14H,4,7-10H2,1H3,(H,17,22)/t13-,14+/m1/s1. The highest BCUT2D eigenvalue weighted by atomic mass is 16.5. The molecule has 3 heterocycles. The van der Waals surface area contributed by atoms with E-state index in [4.69, 9.17) is 4.74 Å². The summed E-state index contributed by atoms with van der Waals surface area (Å²) in [6.07, 6.45) is 4.80. The number of rotatable bonds is 6. The van der Waals surface area contributed by atoms with Crippen molar-refractivity contribution in [3.8, 4) is 0 Å². The van der Waals surface area contributed by atoms with Gasteiger partial charge in [0, 0.05) is 24.7 Å². The largest absolute Gasteiger partial charge is 0.379 e. The lowest BCUT2D eigenvalue weighted by molar-refractivity contribution is -0.122.